The van der Waals surface area contributed by atoms with Crippen molar-refractivity contribution in [2.24, 2.45) is 0 Å². The number of nitrogens with zero attached hydrogens (tertiary/aromatic N) is 3. The first kappa shape index (κ1) is 14.1. The summed E-state index contributed by atoms with van der Waals surface area (Å²) in [4.78, 5) is 14.4. The second kappa shape index (κ2) is 5.89. The first-order valence-electron chi connectivity index (χ1n) is 6.99. The zero-order valence-electron chi connectivity index (χ0n) is 11.6. The standard InChI is InChI=1S/C15H17BrN4O/c16-12-3-1-2-11(10-12)15(21)19-7-4-13(5-8-19)20-9-6-14(17)18-20/h1-3,6,9-10,13H,4-5,7-8H2,(H2,17,18). The Morgan fingerprint density at radius 1 is 1.29 bits per heavy atom. The van der Waals surface area contributed by atoms with Gasteiger partial charge in [0.05, 0.1) is 6.04 Å². The molecule has 2 aromatic rings. The van der Waals surface area contributed by atoms with Crippen molar-refractivity contribution in [3.63, 3.8) is 0 Å². The molecule has 5 nitrogen and oxygen atoms in total. The van der Waals surface area contributed by atoms with Gasteiger partial charge in [-0.1, -0.05) is 22.0 Å². The van der Waals surface area contributed by atoms with E-state index in [-0.39, 0.29) is 5.91 Å². The Morgan fingerprint density at radius 3 is 2.67 bits per heavy atom. The number of halogens is 1. The van der Waals surface area contributed by atoms with Crippen LogP contribution in [0.3, 0.4) is 0 Å². The number of hydrogen-bond acceptors (Lipinski definition) is 3. The number of nitrogens with two attached hydrogens (primary N) is 1. The van der Waals surface area contributed by atoms with Crippen molar-refractivity contribution >= 4 is 27.7 Å². The maximum atomic E-state index is 12.5. The fourth-order valence-corrected chi connectivity index (χ4v) is 3.09. The maximum absolute atomic E-state index is 12.5. The van der Waals surface area contributed by atoms with E-state index in [0.717, 1.165) is 36.0 Å². The number of aromatic nitrogens is 2. The monoisotopic (exact) mass is 348 g/mol. The van der Waals surface area contributed by atoms with Gasteiger partial charge in [0.15, 0.2) is 0 Å². The topological polar surface area (TPSA) is 64.2 Å². The van der Waals surface area contributed by atoms with Crippen molar-refractivity contribution in [2.75, 3.05) is 18.8 Å². The average molecular weight is 349 g/mol. The molecule has 1 saturated heterocycles. The Bertz CT molecular complexity index is 647. The summed E-state index contributed by atoms with van der Waals surface area (Å²) in [5, 5.41) is 4.26. The second-order valence-electron chi connectivity index (χ2n) is 5.25. The van der Waals surface area contributed by atoms with Crippen LogP contribution in [0.4, 0.5) is 5.82 Å². The molecule has 1 fully saturated rings. The van der Waals surface area contributed by atoms with Crippen LogP contribution in [-0.2, 0) is 0 Å². The SMILES string of the molecule is Nc1ccn(C2CCN(C(=O)c3cccc(Br)c3)CC2)n1. The highest BCUT2D eigenvalue weighted by Crippen LogP contribution is 2.24. The van der Waals surface area contributed by atoms with Gasteiger partial charge in [0.25, 0.3) is 5.91 Å². The van der Waals surface area contributed by atoms with Gasteiger partial charge in [-0.25, -0.2) is 0 Å². The van der Waals surface area contributed by atoms with E-state index in [1.165, 1.54) is 0 Å². The summed E-state index contributed by atoms with van der Waals surface area (Å²) < 4.78 is 2.84. The number of hydrogen-bond donors (Lipinski definition) is 1. The van der Waals surface area contributed by atoms with Gasteiger partial charge in [0, 0.05) is 29.3 Å². The van der Waals surface area contributed by atoms with E-state index in [2.05, 4.69) is 21.0 Å². The Morgan fingerprint density at radius 2 is 2.05 bits per heavy atom. The second-order valence-corrected chi connectivity index (χ2v) is 6.17. The van der Waals surface area contributed by atoms with E-state index in [4.69, 9.17) is 5.73 Å². The van der Waals surface area contributed by atoms with Gasteiger partial charge in [0.2, 0.25) is 0 Å². The molecule has 21 heavy (non-hydrogen) atoms. The normalized spacial score (nSPS) is 16.1. The van der Waals surface area contributed by atoms with Crippen molar-refractivity contribution < 1.29 is 4.79 Å². The molecule has 1 aliphatic rings. The third kappa shape index (κ3) is 3.10. The minimum Gasteiger partial charge on any atom is -0.382 e. The molecule has 1 aromatic heterocycles. The third-order valence-electron chi connectivity index (χ3n) is 3.83. The molecule has 3 rings (SSSR count). The number of rotatable bonds is 2. The van der Waals surface area contributed by atoms with Crippen molar-refractivity contribution in [1.82, 2.24) is 14.7 Å². The first-order valence-corrected chi connectivity index (χ1v) is 7.78. The number of carbonyl (C=O) groups excluding carboxylic acids is 1. The number of benzene rings is 1. The summed E-state index contributed by atoms with van der Waals surface area (Å²) >= 11 is 3.40. The quantitative estimate of drug-likeness (QED) is 0.907. The average Bonchev–Trinajstić information content (AvgIpc) is 2.93. The Hall–Kier alpha value is -1.82. The molecule has 1 aromatic carbocycles. The van der Waals surface area contributed by atoms with E-state index in [9.17, 15) is 4.79 Å². The molecule has 0 spiro atoms. The van der Waals surface area contributed by atoms with Crippen LogP contribution < -0.4 is 5.73 Å². The van der Waals surface area contributed by atoms with Crippen molar-refractivity contribution in [2.45, 2.75) is 18.9 Å². The van der Waals surface area contributed by atoms with Gasteiger partial charge in [-0.3, -0.25) is 9.48 Å². The van der Waals surface area contributed by atoms with Crippen LogP contribution in [0.25, 0.3) is 0 Å². The van der Waals surface area contributed by atoms with Gasteiger partial charge in [-0.15, -0.1) is 0 Å². The van der Waals surface area contributed by atoms with Crippen molar-refractivity contribution in [1.29, 1.82) is 0 Å². The molecule has 2 N–H and O–H groups in total. The van der Waals surface area contributed by atoms with Crippen LogP contribution in [0.5, 0.6) is 0 Å². The highest BCUT2D eigenvalue weighted by atomic mass is 79.9. The third-order valence-corrected chi connectivity index (χ3v) is 4.32. The largest absolute Gasteiger partial charge is 0.382 e. The van der Waals surface area contributed by atoms with E-state index in [0.29, 0.717) is 11.9 Å². The van der Waals surface area contributed by atoms with Gasteiger partial charge < -0.3 is 10.6 Å². The summed E-state index contributed by atoms with van der Waals surface area (Å²) in [7, 11) is 0. The van der Waals surface area contributed by atoms with Crippen LogP contribution in [0.1, 0.15) is 29.2 Å². The molecular weight excluding hydrogens is 332 g/mol. The molecule has 0 saturated carbocycles. The van der Waals surface area contributed by atoms with Gasteiger partial charge in [-0.05, 0) is 37.1 Å². The minimum absolute atomic E-state index is 0.0923. The number of anilines is 1. The van der Waals surface area contributed by atoms with Crippen LogP contribution in [0.15, 0.2) is 41.0 Å². The highest BCUT2D eigenvalue weighted by Gasteiger charge is 2.25. The number of nitrogen functional groups attached to an aromatic ring is 1. The molecule has 0 radical (unpaired) electrons. The van der Waals surface area contributed by atoms with Crippen LogP contribution in [-0.4, -0.2) is 33.7 Å². The van der Waals surface area contributed by atoms with Crippen LogP contribution in [0, 0.1) is 0 Å². The molecule has 0 atom stereocenters. The fraction of sp³-hybridized carbons (Fsp3) is 0.333. The molecular formula is C15H17BrN4O. The van der Waals surface area contributed by atoms with Crippen LogP contribution >= 0.6 is 15.9 Å². The highest BCUT2D eigenvalue weighted by molar-refractivity contribution is 9.10. The molecule has 1 amide bonds. The van der Waals surface area contributed by atoms with Crippen molar-refractivity contribution in [3.8, 4) is 0 Å². The Labute approximate surface area is 131 Å². The molecule has 1 aliphatic heterocycles. The maximum Gasteiger partial charge on any atom is 0.253 e. The molecule has 6 heteroatoms. The lowest BCUT2D eigenvalue weighted by Crippen LogP contribution is -2.39. The lowest BCUT2D eigenvalue weighted by Gasteiger charge is -2.32. The van der Waals surface area contributed by atoms with E-state index in [1.54, 1.807) is 6.07 Å². The summed E-state index contributed by atoms with van der Waals surface area (Å²) in [6, 6.07) is 9.66. The molecule has 0 aliphatic carbocycles. The lowest BCUT2D eigenvalue weighted by molar-refractivity contribution is 0.0690. The van der Waals surface area contributed by atoms with Crippen LogP contribution in [0.2, 0.25) is 0 Å². The zero-order valence-corrected chi connectivity index (χ0v) is 13.2. The van der Waals surface area contributed by atoms with Gasteiger partial charge in [-0.2, -0.15) is 5.10 Å². The number of amides is 1. The number of piperidine rings is 1. The summed E-state index contributed by atoms with van der Waals surface area (Å²) in [6.07, 6.45) is 3.72. The molecule has 0 bridgehead atoms. The Balaban J connectivity index is 1.64. The van der Waals surface area contributed by atoms with E-state index < -0.39 is 0 Å². The van der Waals surface area contributed by atoms with Crippen molar-refractivity contribution in [3.05, 3.63) is 46.6 Å². The fourth-order valence-electron chi connectivity index (χ4n) is 2.69. The molecule has 0 unspecified atom stereocenters. The summed E-state index contributed by atoms with van der Waals surface area (Å²) in [5.41, 5.74) is 6.38. The summed E-state index contributed by atoms with van der Waals surface area (Å²) in [5.74, 6) is 0.636. The minimum atomic E-state index is 0.0923. The smallest absolute Gasteiger partial charge is 0.253 e. The summed E-state index contributed by atoms with van der Waals surface area (Å²) in [6.45, 7) is 1.49. The van der Waals surface area contributed by atoms with E-state index >= 15 is 0 Å². The number of likely N-dealkylation sites (tertiary alicyclic amines) is 1. The van der Waals surface area contributed by atoms with E-state index in [1.807, 2.05) is 40.0 Å². The molecule has 110 valence electrons. The van der Waals surface area contributed by atoms with Gasteiger partial charge >= 0.3 is 0 Å². The number of carbonyl (C=O) groups is 1. The zero-order chi connectivity index (χ0) is 14.8. The Kier molecular flexibility index (Phi) is 3.96. The predicted octanol–water partition coefficient (Wildman–Crippen LogP) is 2.71. The van der Waals surface area contributed by atoms with Gasteiger partial charge in [0.1, 0.15) is 5.82 Å². The predicted molar refractivity (Wildman–Crippen MR) is 85.0 cm³/mol. The first-order chi connectivity index (χ1) is 10.1. The lowest BCUT2D eigenvalue weighted by atomic mass is 10.0. The molecule has 2 heterocycles.